The molecule has 2 nitrogen and oxygen atoms in total. The summed E-state index contributed by atoms with van der Waals surface area (Å²) in [7, 11) is 0. The van der Waals surface area contributed by atoms with Gasteiger partial charge in [0.05, 0.1) is 0 Å². The van der Waals surface area contributed by atoms with Crippen LogP contribution in [0.15, 0.2) is 24.3 Å². The van der Waals surface area contributed by atoms with E-state index in [9.17, 15) is 0 Å². The summed E-state index contributed by atoms with van der Waals surface area (Å²) in [6, 6.07) is 8.80. The third-order valence-electron chi connectivity index (χ3n) is 4.43. The van der Waals surface area contributed by atoms with Crippen molar-refractivity contribution in [2.24, 2.45) is 0 Å². The highest BCUT2D eigenvalue weighted by Crippen LogP contribution is 2.33. The molecule has 0 saturated carbocycles. The van der Waals surface area contributed by atoms with Crippen molar-refractivity contribution < 1.29 is 0 Å². The van der Waals surface area contributed by atoms with Crippen LogP contribution in [0, 0.1) is 0 Å². The third-order valence-corrected chi connectivity index (χ3v) is 4.43. The van der Waals surface area contributed by atoms with E-state index in [-0.39, 0.29) is 0 Å². The number of anilines is 1. The fourth-order valence-corrected chi connectivity index (χ4v) is 3.31. The SMILES string of the molecule is c1ccc2c(c1)NCC2CCN1CCCCCC1. The minimum atomic E-state index is 0.726. The van der Waals surface area contributed by atoms with E-state index in [1.54, 1.807) is 0 Å². The monoisotopic (exact) mass is 244 g/mol. The van der Waals surface area contributed by atoms with Crippen LogP contribution in [0.3, 0.4) is 0 Å². The molecule has 3 rings (SSSR count). The van der Waals surface area contributed by atoms with Crippen molar-refractivity contribution in [3.05, 3.63) is 29.8 Å². The quantitative estimate of drug-likeness (QED) is 0.876. The van der Waals surface area contributed by atoms with Gasteiger partial charge in [0.1, 0.15) is 0 Å². The standard InChI is InChI=1S/C16H24N2/c1-2-6-11-18(10-5-1)12-9-14-13-17-16-8-4-3-7-15(14)16/h3-4,7-8,14,17H,1-2,5-6,9-13H2. The van der Waals surface area contributed by atoms with Crippen LogP contribution in [-0.2, 0) is 0 Å². The highest BCUT2D eigenvalue weighted by atomic mass is 15.1. The number of nitrogens with one attached hydrogen (secondary N) is 1. The summed E-state index contributed by atoms with van der Waals surface area (Å²) in [6.45, 7) is 5.05. The van der Waals surface area contributed by atoms with E-state index in [4.69, 9.17) is 0 Å². The molecule has 0 aromatic heterocycles. The summed E-state index contributed by atoms with van der Waals surface area (Å²) in [5, 5.41) is 3.53. The van der Waals surface area contributed by atoms with Gasteiger partial charge in [0.2, 0.25) is 0 Å². The van der Waals surface area contributed by atoms with Gasteiger partial charge in [0, 0.05) is 18.2 Å². The summed E-state index contributed by atoms with van der Waals surface area (Å²) >= 11 is 0. The fourth-order valence-electron chi connectivity index (χ4n) is 3.31. The molecule has 1 N–H and O–H groups in total. The zero-order chi connectivity index (χ0) is 12.2. The van der Waals surface area contributed by atoms with Crippen LogP contribution in [0.2, 0.25) is 0 Å². The van der Waals surface area contributed by atoms with Crippen LogP contribution in [0.4, 0.5) is 5.69 Å². The molecule has 0 bridgehead atoms. The summed E-state index contributed by atoms with van der Waals surface area (Å²) in [6.07, 6.45) is 6.98. The Balaban J connectivity index is 1.55. The van der Waals surface area contributed by atoms with Crippen LogP contribution >= 0.6 is 0 Å². The number of likely N-dealkylation sites (tertiary alicyclic amines) is 1. The molecule has 98 valence electrons. The van der Waals surface area contributed by atoms with Crippen molar-refractivity contribution >= 4 is 5.69 Å². The van der Waals surface area contributed by atoms with Crippen molar-refractivity contribution in [3.63, 3.8) is 0 Å². The van der Waals surface area contributed by atoms with Gasteiger partial charge in [-0.25, -0.2) is 0 Å². The average molecular weight is 244 g/mol. The average Bonchev–Trinajstić information content (AvgIpc) is 2.64. The van der Waals surface area contributed by atoms with Gasteiger partial charge in [0.25, 0.3) is 0 Å². The molecule has 0 aliphatic carbocycles. The predicted molar refractivity (Wildman–Crippen MR) is 77.2 cm³/mol. The normalized spacial score (nSPS) is 24.3. The Labute approximate surface area is 110 Å². The van der Waals surface area contributed by atoms with Crippen molar-refractivity contribution in [3.8, 4) is 0 Å². The van der Waals surface area contributed by atoms with E-state index in [0.717, 1.165) is 12.5 Å². The third kappa shape index (κ3) is 2.69. The first-order chi connectivity index (χ1) is 8.93. The fraction of sp³-hybridized carbons (Fsp3) is 0.625. The molecule has 2 heteroatoms. The Bertz CT molecular complexity index is 380. The number of nitrogens with zero attached hydrogens (tertiary/aromatic N) is 1. The van der Waals surface area contributed by atoms with Crippen LogP contribution in [0.1, 0.15) is 43.6 Å². The first kappa shape index (κ1) is 12.0. The largest absolute Gasteiger partial charge is 0.384 e. The molecule has 1 unspecified atom stereocenters. The van der Waals surface area contributed by atoms with Crippen molar-refractivity contribution in [1.29, 1.82) is 0 Å². The predicted octanol–water partition coefficient (Wildman–Crippen LogP) is 3.46. The first-order valence-corrected chi connectivity index (χ1v) is 7.48. The smallest absolute Gasteiger partial charge is 0.0376 e. The molecular weight excluding hydrogens is 220 g/mol. The van der Waals surface area contributed by atoms with E-state index >= 15 is 0 Å². The minimum Gasteiger partial charge on any atom is -0.384 e. The lowest BCUT2D eigenvalue weighted by Gasteiger charge is -2.21. The number of hydrogen-bond acceptors (Lipinski definition) is 2. The number of para-hydroxylation sites is 1. The maximum Gasteiger partial charge on any atom is 0.0376 e. The van der Waals surface area contributed by atoms with Gasteiger partial charge in [-0.3, -0.25) is 0 Å². The number of benzene rings is 1. The maximum atomic E-state index is 3.53. The lowest BCUT2D eigenvalue weighted by atomic mass is 9.98. The zero-order valence-corrected chi connectivity index (χ0v) is 11.2. The second kappa shape index (κ2) is 5.75. The molecule has 2 heterocycles. The summed E-state index contributed by atoms with van der Waals surface area (Å²) in [5.74, 6) is 0.726. The molecule has 1 saturated heterocycles. The molecule has 2 aliphatic rings. The molecule has 1 fully saturated rings. The van der Waals surface area contributed by atoms with Gasteiger partial charge in [-0.05, 0) is 50.5 Å². The Morgan fingerprint density at radius 1 is 1.06 bits per heavy atom. The van der Waals surface area contributed by atoms with Crippen molar-refractivity contribution in [2.75, 3.05) is 31.5 Å². The van der Waals surface area contributed by atoms with E-state index in [1.165, 1.54) is 63.0 Å². The molecule has 1 aromatic rings. The number of fused-ring (bicyclic) bond motifs is 1. The zero-order valence-electron chi connectivity index (χ0n) is 11.2. The molecule has 0 radical (unpaired) electrons. The first-order valence-electron chi connectivity index (χ1n) is 7.48. The molecule has 2 aliphatic heterocycles. The van der Waals surface area contributed by atoms with Gasteiger partial charge >= 0.3 is 0 Å². The van der Waals surface area contributed by atoms with E-state index in [0.29, 0.717) is 0 Å². The number of hydrogen-bond donors (Lipinski definition) is 1. The van der Waals surface area contributed by atoms with Crippen LogP contribution < -0.4 is 5.32 Å². The second-order valence-corrected chi connectivity index (χ2v) is 5.71. The van der Waals surface area contributed by atoms with Gasteiger partial charge in [-0.15, -0.1) is 0 Å². The van der Waals surface area contributed by atoms with Crippen LogP contribution in [-0.4, -0.2) is 31.1 Å². The summed E-state index contributed by atoms with van der Waals surface area (Å²) in [4.78, 5) is 2.67. The molecule has 18 heavy (non-hydrogen) atoms. The number of rotatable bonds is 3. The Morgan fingerprint density at radius 2 is 1.83 bits per heavy atom. The van der Waals surface area contributed by atoms with E-state index < -0.39 is 0 Å². The van der Waals surface area contributed by atoms with Gasteiger partial charge in [-0.1, -0.05) is 31.0 Å². The van der Waals surface area contributed by atoms with E-state index in [1.807, 2.05) is 0 Å². The maximum absolute atomic E-state index is 3.53. The van der Waals surface area contributed by atoms with Gasteiger partial charge in [-0.2, -0.15) is 0 Å². The molecule has 1 aromatic carbocycles. The van der Waals surface area contributed by atoms with Crippen molar-refractivity contribution in [1.82, 2.24) is 4.90 Å². The highest BCUT2D eigenvalue weighted by molar-refractivity contribution is 5.57. The topological polar surface area (TPSA) is 15.3 Å². The van der Waals surface area contributed by atoms with Gasteiger partial charge < -0.3 is 10.2 Å². The van der Waals surface area contributed by atoms with Crippen LogP contribution in [0.5, 0.6) is 0 Å². The lowest BCUT2D eigenvalue weighted by molar-refractivity contribution is 0.275. The molecule has 1 atom stereocenters. The van der Waals surface area contributed by atoms with E-state index in [2.05, 4.69) is 34.5 Å². The molecule has 0 spiro atoms. The van der Waals surface area contributed by atoms with Gasteiger partial charge in [0.15, 0.2) is 0 Å². The summed E-state index contributed by atoms with van der Waals surface area (Å²) in [5.41, 5.74) is 2.89. The molecular formula is C16H24N2. The van der Waals surface area contributed by atoms with Crippen LogP contribution in [0.25, 0.3) is 0 Å². The Hall–Kier alpha value is -1.02. The Morgan fingerprint density at radius 3 is 2.67 bits per heavy atom. The van der Waals surface area contributed by atoms with Crippen molar-refractivity contribution in [2.45, 2.75) is 38.0 Å². The highest BCUT2D eigenvalue weighted by Gasteiger charge is 2.22. The molecule has 0 amide bonds. The second-order valence-electron chi connectivity index (χ2n) is 5.71. The Kier molecular flexibility index (Phi) is 3.84. The summed E-state index contributed by atoms with van der Waals surface area (Å²) < 4.78 is 0. The lowest BCUT2D eigenvalue weighted by Crippen LogP contribution is -2.27. The minimum absolute atomic E-state index is 0.726.